The highest BCUT2D eigenvalue weighted by atomic mass is 79.9. The van der Waals surface area contributed by atoms with E-state index in [1.165, 1.54) is 15.6 Å². The van der Waals surface area contributed by atoms with Gasteiger partial charge in [0.15, 0.2) is 0 Å². The third-order valence-electron chi connectivity index (χ3n) is 3.15. The number of ether oxygens (including phenoxy) is 1. The van der Waals surface area contributed by atoms with Gasteiger partial charge < -0.3 is 10.5 Å². The molecule has 2 rings (SSSR count). The number of hydrogen-bond donors (Lipinski definition) is 1. The molecule has 17 heavy (non-hydrogen) atoms. The molecule has 1 aliphatic rings. The Morgan fingerprint density at radius 2 is 2.06 bits per heavy atom. The maximum atomic E-state index is 5.62. The predicted molar refractivity (Wildman–Crippen MR) is 73.0 cm³/mol. The first-order valence-corrected chi connectivity index (χ1v) is 6.86. The first-order chi connectivity index (χ1) is 8.29. The molecule has 3 nitrogen and oxygen atoms in total. The van der Waals surface area contributed by atoms with E-state index in [-0.39, 0.29) is 0 Å². The highest BCUT2D eigenvalue weighted by molar-refractivity contribution is 9.10. The van der Waals surface area contributed by atoms with Crippen LogP contribution in [0.1, 0.15) is 11.1 Å². The van der Waals surface area contributed by atoms with Crippen LogP contribution in [0.25, 0.3) is 0 Å². The molecule has 0 radical (unpaired) electrons. The highest BCUT2D eigenvalue weighted by Crippen LogP contribution is 2.19. The Kier molecular flexibility index (Phi) is 4.98. The Bertz CT molecular complexity index is 364. The van der Waals surface area contributed by atoms with Crippen LogP contribution in [-0.4, -0.2) is 37.7 Å². The molecule has 0 unspecified atom stereocenters. The molecule has 1 heterocycles. The fourth-order valence-electron chi connectivity index (χ4n) is 2.02. The van der Waals surface area contributed by atoms with E-state index in [0.717, 1.165) is 39.3 Å². The number of rotatable bonds is 4. The Labute approximate surface area is 111 Å². The van der Waals surface area contributed by atoms with Crippen molar-refractivity contribution < 1.29 is 4.74 Å². The molecule has 1 saturated heterocycles. The maximum Gasteiger partial charge on any atom is 0.0594 e. The lowest BCUT2D eigenvalue weighted by Gasteiger charge is -2.26. The molecule has 2 N–H and O–H groups in total. The van der Waals surface area contributed by atoms with Crippen molar-refractivity contribution >= 4 is 15.9 Å². The van der Waals surface area contributed by atoms with Crippen LogP contribution >= 0.6 is 15.9 Å². The molecular weight excluding hydrogens is 280 g/mol. The van der Waals surface area contributed by atoms with Crippen LogP contribution in [0, 0.1) is 0 Å². The van der Waals surface area contributed by atoms with Crippen molar-refractivity contribution in [3.05, 3.63) is 33.8 Å². The molecule has 4 heteroatoms. The van der Waals surface area contributed by atoms with Crippen molar-refractivity contribution in [3.8, 4) is 0 Å². The van der Waals surface area contributed by atoms with Gasteiger partial charge in [0.1, 0.15) is 0 Å². The van der Waals surface area contributed by atoms with E-state index in [9.17, 15) is 0 Å². The van der Waals surface area contributed by atoms with E-state index in [4.69, 9.17) is 10.5 Å². The summed E-state index contributed by atoms with van der Waals surface area (Å²) in [5.74, 6) is 0. The average molecular weight is 299 g/mol. The summed E-state index contributed by atoms with van der Waals surface area (Å²) < 4.78 is 6.52. The van der Waals surface area contributed by atoms with Crippen molar-refractivity contribution in [1.29, 1.82) is 0 Å². The van der Waals surface area contributed by atoms with Gasteiger partial charge in [-0.05, 0) is 23.6 Å². The standard InChI is InChI=1S/C13H19BrN2O/c14-13-9-11(10-15)1-2-12(13)3-4-16-5-7-17-8-6-16/h1-2,9H,3-8,10,15H2. The van der Waals surface area contributed by atoms with Gasteiger partial charge in [-0.3, -0.25) is 4.90 Å². The Morgan fingerprint density at radius 3 is 2.71 bits per heavy atom. The zero-order valence-electron chi connectivity index (χ0n) is 9.99. The molecule has 0 bridgehead atoms. The van der Waals surface area contributed by atoms with Crippen molar-refractivity contribution in [1.82, 2.24) is 4.90 Å². The number of morpholine rings is 1. The monoisotopic (exact) mass is 298 g/mol. The average Bonchev–Trinajstić information content (AvgIpc) is 2.38. The molecule has 0 aliphatic carbocycles. The van der Waals surface area contributed by atoms with Crippen LogP contribution < -0.4 is 5.73 Å². The second-order valence-corrected chi connectivity index (χ2v) is 5.19. The van der Waals surface area contributed by atoms with Crippen LogP contribution in [0.2, 0.25) is 0 Å². The Balaban J connectivity index is 1.89. The molecule has 1 aromatic rings. The van der Waals surface area contributed by atoms with E-state index in [1.807, 2.05) is 0 Å². The lowest BCUT2D eigenvalue weighted by molar-refractivity contribution is 0.0384. The molecule has 1 aliphatic heterocycles. The van der Waals surface area contributed by atoms with Crippen molar-refractivity contribution in [3.63, 3.8) is 0 Å². The normalized spacial score (nSPS) is 17.3. The number of benzene rings is 1. The fraction of sp³-hybridized carbons (Fsp3) is 0.538. The molecule has 0 saturated carbocycles. The Hall–Kier alpha value is -0.420. The van der Waals surface area contributed by atoms with Crippen molar-refractivity contribution in [2.24, 2.45) is 5.73 Å². The summed E-state index contributed by atoms with van der Waals surface area (Å²) in [6.45, 7) is 5.55. The summed E-state index contributed by atoms with van der Waals surface area (Å²) in [5, 5.41) is 0. The largest absolute Gasteiger partial charge is 0.379 e. The lowest BCUT2D eigenvalue weighted by Crippen LogP contribution is -2.37. The SMILES string of the molecule is NCc1ccc(CCN2CCOCC2)c(Br)c1. The van der Waals surface area contributed by atoms with E-state index < -0.39 is 0 Å². The second-order valence-electron chi connectivity index (χ2n) is 4.33. The zero-order valence-corrected chi connectivity index (χ0v) is 11.6. The predicted octanol–water partition coefficient (Wildman–Crippen LogP) is 1.78. The first-order valence-electron chi connectivity index (χ1n) is 6.07. The van der Waals surface area contributed by atoms with Gasteiger partial charge in [0.05, 0.1) is 13.2 Å². The minimum Gasteiger partial charge on any atom is -0.379 e. The van der Waals surface area contributed by atoms with E-state index in [1.54, 1.807) is 0 Å². The quantitative estimate of drug-likeness (QED) is 0.921. The van der Waals surface area contributed by atoms with Crippen LogP contribution in [0.4, 0.5) is 0 Å². The summed E-state index contributed by atoms with van der Waals surface area (Å²) in [5.41, 5.74) is 8.15. The lowest BCUT2D eigenvalue weighted by atomic mass is 10.1. The minimum atomic E-state index is 0.600. The number of halogens is 1. The topological polar surface area (TPSA) is 38.5 Å². The Morgan fingerprint density at radius 1 is 1.29 bits per heavy atom. The third-order valence-corrected chi connectivity index (χ3v) is 3.89. The van der Waals surface area contributed by atoms with Crippen LogP contribution in [-0.2, 0) is 17.7 Å². The molecule has 94 valence electrons. The van der Waals surface area contributed by atoms with E-state index in [0.29, 0.717) is 6.54 Å². The van der Waals surface area contributed by atoms with E-state index >= 15 is 0 Å². The van der Waals surface area contributed by atoms with Crippen LogP contribution in [0.15, 0.2) is 22.7 Å². The minimum absolute atomic E-state index is 0.600. The van der Waals surface area contributed by atoms with Gasteiger partial charge in [-0.15, -0.1) is 0 Å². The van der Waals surface area contributed by atoms with Crippen LogP contribution in [0.5, 0.6) is 0 Å². The third kappa shape index (κ3) is 3.78. The molecule has 0 atom stereocenters. The summed E-state index contributed by atoms with van der Waals surface area (Å²) >= 11 is 3.61. The zero-order chi connectivity index (χ0) is 12.1. The molecule has 1 fully saturated rings. The summed E-state index contributed by atoms with van der Waals surface area (Å²) in [6.07, 6.45) is 1.07. The number of hydrogen-bond acceptors (Lipinski definition) is 3. The van der Waals surface area contributed by atoms with Gasteiger partial charge in [0.25, 0.3) is 0 Å². The molecule has 1 aromatic carbocycles. The number of nitrogens with zero attached hydrogens (tertiary/aromatic N) is 1. The number of nitrogens with two attached hydrogens (primary N) is 1. The van der Waals surface area contributed by atoms with Crippen molar-refractivity contribution in [2.75, 3.05) is 32.8 Å². The van der Waals surface area contributed by atoms with Gasteiger partial charge in [0, 0.05) is 30.7 Å². The van der Waals surface area contributed by atoms with Gasteiger partial charge in [-0.1, -0.05) is 28.1 Å². The van der Waals surface area contributed by atoms with E-state index in [2.05, 4.69) is 39.0 Å². The highest BCUT2D eigenvalue weighted by Gasteiger charge is 2.10. The van der Waals surface area contributed by atoms with Gasteiger partial charge >= 0.3 is 0 Å². The fourth-order valence-corrected chi connectivity index (χ4v) is 2.65. The smallest absolute Gasteiger partial charge is 0.0594 e. The maximum absolute atomic E-state index is 5.62. The van der Waals surface area contributed by atoms with Crippen LogP contribution in [0.3, 0.4) is 0 Å². The summed E-state index contributed by atoms with van der Waals surface area (Å²) in [6, 6.07) is 6.40. The molecule has 0 spiro atoms. The second kappa shape index (κ2) is 6.50. The van der Waals surface area contributed by atoms with Crippen molar-refractivity contribution in [2.45, 2.75) is 13.0 Å². The van der Waals surface area contributed by atoms with Gasteiger partial charge in [-0.2, -0.15) is 0 Å². The van der Waals surface area contributed by atoms with Gasteiger partial charge in [0.2, 0.25) is 0 Å². The molecule has 0 amide bonds. The summed E-state index contributed by atoms with van der Waals surface area (Å²) in [7, 11) is 0. The summed E-state index contributed by atoms with van der Waals surface area (Å²) in [4.78, 5) is 2.45. The molecule has 0 aromatic heterocycles. The molecular formula is C13H19BrN2O. The van der Waals surface area contributed by atoms with Gasteiger partial charge in [-0.25, -0.2) is 0 Å². The first kappa shape index (κ1) is 13.0.